The van der Waals surface area contributed by atoms with Crippen molar-refractivity contribution in [2.45, 2.75) is 12.8 Å². The van der Waals surface area contributed by atoms with Gasteiger partial charge in [0.05, 0.1) is 12.8 Å². The average Bonchev–Trinajstić information content (AvgIpc) is 3.30. The molecular formula is C28H24N4O2. The Kier molecular flexibility index (Phi) is 6.03. The second kappa shape index (κ2) is 9.58. The molecule has 168 valence electrons. The van der Waals surface area contributed by atoms with Gasteiger partial charge in [-0.05, 0) is 47.9 Å². The lowest BCUT2D eigenvalue weighted by Crippen LogP contribution is -2.01. The number of carbonyl (C=O) groups excluding carboxylic acids is 1. The number of nitrogens with zero attached hydrogens (tertiary/aromatic N) is 3. The van der Waals surface area contributed by atoms with Crippen molar-refractivity contribution in [3.63, 3.8) is 0 Å². The van der Waals surface area contributed by atoms with Crippen molar-refractivity contribution in [3.05, 3.63) is 108 Å². The second-order valence-electron chi connectivity index (χ2n) is 7.97. The minimum Gasteiger partial charge on any atom is -0.495 e. The van der Waals surface area contributed by atoms with E-state index in [1.807, 2.05) is 97.2 Å². The number of fused-ring (bicyclic) bond motifs is 1. The lowest BCUT2D eigenvalue weighted by atomic mass is 9.99. The van der Waals surface area contributed by atoms with Crippen LogP contribution in [0.5, 0.6) is 5.75 Å². The first-order valence-corrected chi connectivity index (χ1v) is 11.1. The van der Waals surface area contributed by atoms with E-state index in [4.69, 9.17) is 4.74 Å². The lowest BCUT2D eigenvalue weighted by Gasteiger charge is -2.07. The zero-order valence-electron chi connectivity index (χ0n) is 18.8. The molecule has 0 fully saturated rings. The minimum absolute atomic E-state index is 0.135. The first-order chi connectivity index (χ1) is 16.7. The number of rotatable bonds is 8. The minimum atomic E-state index is 0.135. The van der Waals surface area contributed by atoms with Gasteiger partial charge in [0.25, 0.3) is 0 Å². The molecular weight excluding hydrogens is 424 g/mol. The molecule has 34 heavy (non-hydrogen) atoms. The fourth-order valence-corrected chi connectivity index (χ4v) is 3.89. The van der Waals surface area contributed by atoms with Crippen LogP contribution in [0.1, 0.15) is 22.3 Å². The van der Waals surface area contributed by atoms with Crippen molar-refractivity contribution in [1.82, 2.24) is 14.6 Å². The van der Waals surface area contributed by atoms with E-state index in [9.17, 15) is 4.79 Å². The van der Waals surface area contributed by atoms with Gasteiger partial charge in [-0.2, -0.15) is 4.98 Å². The van der Waals surface area contributed by atoms with Gasteiger partial charge in [0.2, 0.25) is 5.95 Å². The van der Waals surface area contributed by atoms with E-state index in [2.05, 4.69) is 15.4 Å². The number of benzene rings is 3. The molecule has 5 aromatic rings. The van der Waals surface area contributed by atoms with E-state index >= 15 is 0 Å². The van der Waals surface area contributed by atoms with Crippen LogP contribution in [-0.2, 0) is 6.42 Å². The van der Waals surface area contributed by atoms with Crippen molar-refractivity contribution in [1.29, 1.82) is 0 Å². The van der Waals surface area contributed by atoms with E-state index in [1.165, 1.54) is 5.56 Å². The van der Waals surface area contributed by atoms with Gasteiger partial charge in [-0.1, -0.05) is 60.7 Å². The molecule has 5 rings (SSSR count). The average molecular weight is 449 g/mol. The number of Topliss-reactive ketones (excluding diaryl/α,β-unsaturated/α-hetero) is 1. The van der Waals surface area contributed by atoms with Gasteiger partial charge in [0.1, 0.15) is 5.75 Å². The van der Waals surface area contributed by atoms with Gasteiger partial charge in [-0.25, -0.2) is 4.52 Å². The summed E-state index contributed by atoms with van der Waals surface area (Å²) in [6.07, 6.45) is 3.13. The summed E-state index contributed by atoms with van der Waals surface area (Å²) in [5, 5.41) is 7.77. The molecule has 0 atom stereocenters. The molecule has 0 bridgehead atoms. The number of hydrogen-bond acceptors (Lipinski definition) is 5. The summed E-state index contributed by atoms with van der Waals surface area (Å²) in [6.45, 7) is 0. The third-order valence-corrected chi connectivity index (χ3v) is 5.69. The summed E-state index contributed by atoms with van der Waals surface area (Å²) in [5.41, 5.74) is 5.31. The molecule has 2 heterocycles. The maximum Gasteiger partial charge on any atom is 0.247 e. The molecule has 1 N–H and O–H groups in total. The number of para-hydroxylation sites is 2. The second-order valence-corrected chi connectivity index (χ2v) is 7.97. The Morgan fingerprint density at radius 1 is 0.912 bits per heavy atom. The van der Waals surface area contributed by atoms with Crippen LogP contribution in [0.2, 0.25) is 0 Å². The first kappa shape index (κ1) is 21.4. The Labute approximate surface area is 197 Å². The Balaban J connectivity index is 1.35. The Bertz CT molecular complexity index is 1440. The fourth-order valence-electron chi connectivity index (χ4n) is 3.89. The molecule has 0 unspecified atom stereocenters. The van der Waals surface area contributed by atoms with Crippen LogP contribution in [0.15, 0.2) is 97.2 Å². The molecule has 3 aromatic carbocycles. The van der Waals surface area contributed by atoms with Crippen LogP contribution in [0, 0.1) is 0 Å². The van der Waals surface area contributed by atoms with Crippen LogP contribution in [0.3, 0.4) is 0 Å². The molecule has 0 radical (unpaired) electrons. The zero-order valence-corrected chi connectivity index (χ0v) is 18.8. The third-order valence-electron chi connectivity index (χ3n) is 5.69. The first-order valence-electron chi connectivity index (χ1n) is 11.1. The summed E-state index contributed by atoms with van der Waals surface area (Å²) in [7, 11) is 1.63. The highest BCUT2D eigenvalue weighted by Crippen LogP contribution is 2.27. The van der Waals surface area contributed by atoms with Crippen molar-refractivity contribution in [2.24, 2.45) is 0 Å². The predicted molar refractivity (Wildman–Crippen MR) is 134 cm³/mol. The summed E-state index contributed by atoms with van der Waals surface area (Å²) in [6, 6.07) is 29.4. The van der Waals surface area contributed by atoms with Crippen molar-refractivity contribution in [2.75, 3.05) is 12.4 Å². The van der Waals surface area contributed by atoms with Gasteiger partial charge in [0.15, 0.2) is 11.4 Å². The van der Waals surface area contributed by atoms with Gasteiger partial charge in [0, 0.05) is 23.7 Å². The number of anilines is 2. The monoisotopic (exact) mass is 448 g/mol. The molecule has 0 saturated heterocycles. The van der Waals surface area contributed by atoms with E-state index in [-0.39, 0.29) is 5.78 Å². The summed E-state index contributed by atoms with van der Waals surface area (Å²) < 4.78 is 7.12. The highest BCUT2D eigenvalue weighted by atomic mass is 16.5. The maximum atomic E-state index is 12.8. The summed E-state index contributed by atoms with van der Waals surface area (Å²) in [4.78, 5) is 17.3. The number of aromatic nitrogens is 3. The molecule has 0 aliphatic carbocycles. The smallest absolute Gasteiger partial charge is 0.247 e. The molecule has 2 aromatic heterocycles. The van der Waals surface area contributed by atoms with Gasteiger partial charge < -0.3 is 10.1 Å². The topological polar surface area (TPSA) is 68.5 Å². The molecule has 6 heteroatoms. The van der Waals surface area contributed by atoms with E-state index < -0.39 is 0 Å². The lowest BCUT2D eigenvalue weighted by molar-refractivity contribution is 0.0983. The fraction of sp³-hybridized carbons (Fsp3) is 0.107. The third kappa shape index (κ3) is 4.66. The highest BCUT2D eigenvalue weighted by molar-refractivity contribution is 5.97. The van der Waals surface area contributed by atoms with Gasteiger partial charge in [-0.15, -0.1) is 5.10 Å². The van der Waals surface area contributed by atoms with E-state index in [0.29, 0.717) is 17.9 Å². The Morgan fingerprint density at radius 2 is 1.74 bits per heavy atom. The number of aryl methyl sites for hydroxylation is 1. The maximum absolute atomic E-state index is 12.8. The SMILES string of the molecule is COc1ccccc1Nc1nc2ccc(-c3cccc(C(=O)CCc4ccccc4)c3)cn2n1. The largest absolute Gasteiger partial charge is 0.495 e. The van der Waals surface area contributed by atoms with Crippen LogP contribution in [-0.4, -0.2) is 27.5 Å². The van der Waals surface area contributed by atoms with Crippen LogP contribution in [0.25, 0.3) is 16.8 Å². The van der Waals surface area contributed by atoms with Crippen LogP contribution >= 0.6 is 0 Å². The number of hydrogen-bond donors (Lipinski definition) is 1. The highest BCUT2D eigenvalue weighted by Gasteiger charge is 2.11. The van der Waals surface area contributed by atoms with Crippen molar-refractivity contribution in [3.8, 4) is 16.9 Å². The zero-order chi connectivity index (χ0) is 23.3. The van der Waals surface area contributed by atoms with Crippen molar-refractivity contribution >= 4 is 23.1 Å². The quantitative estimate of drug-likeness (QED) is 0.297. The van der Waals surface area contributed by atoms with E-state index in [0.717, 1.165) is 34.6 Å². The van der Waals surface area contributed by atoms with Gasteiger partial charge >= 0.3 is 0 Å². The predicted octanol–water partition coefficient (Wildman–Crippen LogP) is 5.96. The number of ketones is 1. The molecule has 6 nitrogen and oxygen atoms in total. The standard InChI is InChI=1S/C28H24N4O2/c1-34-26-13-6-5-12-24(26)29-28-30-27-17-15-23(19-32(27)31-28)21-10-7-11-22(18-21)25(33)16-14-20-8-3-2-4-9-20/h2-13,15,17-19H,14,16H2,1H3,(H,29,31). The number of pyridine rings is 1. The Hall–Kier alpha value is -4.45. The number of nitrogens with one attached hydrogen (secondary N) is 1. The Morgan fingerprint density at radius 3 is 2.59 bits per heavy atom. The molecule has 0 aliphatic heterocycles. The summed E-state index contributed by atoms with van der Waals surface area (Å²) in [5.74, 6) is 1.33. The van der Waals surface area contributed by atoms with Crippen LogP contribution < -0.4 is 10.1 Å². The van der Waals surface area contributed by atoms with E-state index in [1.54, 1.807) is 11.6 Å². The van der Waals surface area contributed by atoms with Gasteiger partial charge in [-0.3, -0.25) is 4.79 Å². The molecule has 0 aliphatic rings. The number of ether oxygens (including phenoxy) is 1. The number of carbonyl (C=O) groups is 1. The van der Waals surface area contributed by atoms with Crippen molar-refractivity contribution < 1.29 is 9.53 Å². The molecule has 0 amide bonds. The normalized spacial score (nSPS) is 10.9. The summed E-state index contributed by atoms with van der Waals surface area (Å²) >= 11 is 0. The molecule has 0 spiro atoms. The number of methoxy groups -OCH3 is 1. The van der Waals surface area contributed by atoms with Crippen LogP contribution in [0.4, 0.5) is 11.6 Å². The molecule has 0 saturated carbocycles.